The van der Waals surface area contributed by atoms with Crippen molar-refractivity contribution < 1.29 is 14.3 Å². The number of aliphatic carboxylic acids is 1. The van der Waals surface area contributed by atoms with Crippen LogP contribution in [-0.4, -0.2) is 33.6 Å². The molecule has 0 amide bonds. The molecule has 0 spiro atoms. The highest BCUT2D eigenvalue weighted by atomic mass is 16.4. The molecule has 0 unspecified atom stereocenters. The number of para-hydroxylation sites is 1. The Labute approximate surface area is 150 Å². The third-order valence-electron chi connectivity index (χ3n) is 5.75. The second-order valence-electron chi connectivity index (χ2n) is 7.35. The van der Waals surface area contributed by atoms with Gasteiger partial charge in [0.2, 0.25) is 0 Å². The van der Waals surface area contributed by atoms with E-state index in [9.17, 15) is 9.90 Å². The van der Waals surface area contributed by atoms with E-state index in [1.165, 1.54) is 12.8 Å². The first-order valence-electron chi connectivity index (χ1n) is 9.41. The maximum absolute atomic E-state index is 11.7. The van der Waals surface area contributed by atoms with Crippen LogP contribution in [0.5, 0.6) is 0 Å². The van der Waals surface area contributed by atoms with Crippen molar-refractivity contribution in [2.75, 3.05) is 11.4 Å². The molecule has 1 atom stereocenters. The van der Waals surface area contributed by atoms with Gasteiger partial charge < -0.3 is 14.4 Å². The lowest BCUT2D eigenvalue weighted by molar-refractivity contribution is -0.138. The van der Waals surface area contributed by atoms with Crippen LogP contribution in [0.2, 0.25) is 0 Å². The van der Waals surface area contributed by atoms with Crippen LogP contribution >= 0.6 is 0 Å². The lowest BCUT2D eigenvalue weighted by Crippen LogP contribution is -2.36. The Kier molecular flexibility index (Phi) is 3.58. The molecule has 1 aromatic carbocycles. The van der Waals surface area contributed by atoms with Crippen LogP contribution in [-0.2, 0) is 4.79 Å². The molecule has 1 aliphatic heterocycles. The lowest BCUT2D eigenvalue weighted by Gasteiger charge is -2.23. The van der Waals surface area contributed by atoms with Crippen LogP contribution < -0.4 is 4.90 Å². The van der Waals surface area contributed by atoms with Gasteiger partial charge >= 0.3 is 5.97 Å². The molecule has 2 aliphatic rings. The molecule has 26 heavy (non-hydrogen) atoms. The van der Waals surface area contributed by atoms with Crippen LogP contribution in [0.15, 0.2) is 28.7 Å². The van der Waals surface area contributed by atoms with Crippen molar-refractivity contribution in [3.8, 4) is 0 Å². The minimum Gasteiger partial charge on any atom is -0.480 e. The Bertz CT molecular complexity index is 991. The zero-order valence-corrected chi connectivity index (χ0v) is 14.5. The number of nitrogens with zero attached hydrogens (tertiary/aromatic N) is 3. The van der Waals surface area contributed by atoms with Crippen molar-refractivity contribution in [2.24, 2.45) is 0 Å². The zero-order chi connectivity index (χ0) is 17.7. The molecule has 6 nitrogen and oxygen atoms in total. The lowest BCUT2D eigenvalue weighted by atomic mass is 10.1. The quantitative estimate of drug-likeness (QED) is 0.766. The van der Waals surface area contributed by atoms with Gasteiger partial charge in [-0.15, -0.1) is 0 Å². The van der Waals surface area contributed by atoms with Gasteiger partial charge in [0.15, 0.2) is 11.4 Å². The van der Waals surface area contributed by atoms with Crippen molar-refractivity contribution in [2.45, 2.75) is 50.5 Å². The predicted molar refractivity (Wildman–Crippen MR) is 98.5 cm³/mol. The third-order valence-corrected chi connectivity index (χ3v) is 5.75. The Morgan fingerprint density at radius 1 is 1.12 bits per heavy atom. The molecule has 134 valence electrons. The first-order valence-corrected chi connectivity index (χ1v) is 9.41. The fourth-order valence-corrected chi connectivity index (χ4v) is 4.43. The molecule has 0 radical (unpaired) electrons. The molecule has 2 fully saturated rings. The van der Waals surface area contributed by atoms with Gasteiger partial charge in [0.25, 0.3) is 0 Å². The van der Waals surface area contributed by atoms with E-state index in [1.54, 1.807) is 0 Å². The molecule has 3 heterocycles. The number of carboxylic acids is 1. The van der Waals surface area contributed by atoms with E-state index in [0.29, 0.717) is 30.3 Å². The van der Waals surface area contributed by atoms with E-state index in [0.717, 1.165) is 41.6 Å². The maximum Gasteiger partial charge on any atom is 0.326 e. The normalized spacial score (nSPS) is 21.2. The van der Waals surface area contributed by atoms with Gasteiger partial charge in [0.05, 0.1) is 0 Å². The second kappa shape index (κ2) is 5.97. The molecule has 0 bridgehead atoms. The van der Waals surface area contributed by atoms with Gasteiger partial charge in [-0.3, -0.25) is 0 Å². The largest absolute Gasteiger partial charge is 0.480 e. The summed E-state index contributed by atoms with van der Waals surface area (Å²) in [7, 11) is 0. The third kappa shape index (κ3) is 2.35. The predicted octanol–water partition coefficient (Wildman–Crippen LogP) is 4.09. The van der Waals surface area contributed by atoms with Crippen molar-refractivity contribution >= 4 is 33.9 Å². The van der Waals surface area contributed by atoms with E-state index < -0.39 is 12.0 Å². The Hall–Kier alpha value is -2.63. The van der Waals surface area contributed by atoms with Crippen LogP contribution in [0, 0.1) is 0 Å². The molecular weight excluding hydrogens is 330 g/mol. The number of aromatic nitrogens is 2. The summed E-state index contributed by atoms with van der Waals surface area (Å²) in [6.07, 6.45) is 6.09. The average molecular weight is 351 g/mol. The number of fused-ring (bicyclic) bond motifs is 3. The summed E-state index contributed by atoms with van der Waals surface area (Å²) in [5, 5.41) is 10.6. The van der Waals surface area contributed by atoms with E-state index in [-0.39, 0.29) is 0 Å². The summed E-state index contributed by atoms with van der Waals surface area (Å²) in [5.74, 6) is 1.05. The highest BCUT2D eigenvalue weighted by Gasteiger charge is 2.35. The number of benzene rings is 1. The summed E-state index contributed by atoms with van der Waals surface area (Å²) in [5.41, 5.74) is 2.19. The Morgan fingerprint density at radius 3 is 2.73 bits per heavy atom. The standard InChI is InChI=1S/C20H21N3O3/c24-20(25)14-9-5-11-23(14)19-17-16(13-8-3-4-10-15(13)26-17)21-18(22-19)12-6-1-2-7-12/h3-4,8,10,12,14H,1-2,5-7,9,11H2,(H,24,25)/t14-/m0/s1. The number of rotatable bonds is 3. The summed E-state index contributed by atoms with van der Waals surface area (Å²) >= 11 is 0. The first-order chi connectivity index (χ1) is 12.7. The Morgan fingerprint density at radius 2 is 1.92 bits per heavy atom. The molecular formula is C20H21N3O3. The molecule has 1 saturated heterocycles. The second-order valence-corrected chi connectivity index (χ2v) is 7.35. The molecule has 2 aromatic heterocycles. The number of furan rings is 1. The molecule has 1 N–H and O–H groups in total. The van der Waals surface area contributed by atoms with E-state index >= 15 is 0 Å². The van der Waals surface area contributed by atoms with Crippen LogP contribution in [0.25, 0.3) is 22.1 Å². The molecule has 1 aliphatic carbocycles. The summed E-state index contributed by atoms with van der Waals surface area (Å²) in [4.78, 5) is 23.3. The van der Waals surface area contributed by atoms with Gasteiger partial charge in [-0.1, -0.05) is 25.0 Å². The van der Waals surface area contributed by atoms with Crippen LogP contribution in [0.3, 0.4) is 0 Å². The summed E-state index contributed by atoms with van der Waals surface area (Å²) in [6, 6.07) is 7.30. The minimum absolute atomic E-state index is 0.359. The summed E-state index contributed by atoms with van der Waals surface area (Å²) in [6.45, 7) is 0.685. The topological polar surface area (TPSA) is 79.5 Å². The monoisotopic (exact) mass is 351 g/mol. The first kappa shape index (κ1) is 15.6. The van der Waals surface area contributed by atoms with Gasteiger partial charge in [0, 0.05) is 17.8 Å². The fraction of sp³-hybridized carbons (Fsp3) is 0.450. The highest BCUT2D eigenvalue weighted by Crippen LogP contribution is 2.39. The average Bonchev–Trinajstić information content (AvgIpc) is 3.39. The van der Waals surface area contributed by atoms with Crippen LogP contribution in [0.4, 0.5) is 5.82 Å². The van der Waals surface area contributed by atoms with Gasteiger partial charge in [0.1, 0.15) is 23.0 Å². The van der Waals surface area contributed by atoms with Crippen molar-refractivity contribution in [1.82, 2.24) is 9.97 Å². The van der Waals surface area contributed by atoms with E-state index in [1.807, 2.05) is 29.2 Å². The van der Waals surface area contributed by atoms with E-state index in [4.69, 9.17) is 14.4 Å². The summed E-state index contributed by atoms with van der Waals surface area (Å²) < 4.78 is 6.08. The molecule has 5 rings (SSSR count). The molecule has 1 saturated carbocycles. The number of anilines is 1. The van der Waals surface area contributed by atoms with Gasteiger partial charge in [-0.25, -0.2) is 14.8 Å². The maximum atomic E-state index is 11.7. The smallest absolute Gasteiger partial charge is 0.326 e. The minimum atomic E-state index is -0.798. The number of carbonyl (C=O) groups is 1. The van der Waals surface area contributed by atoms with Crippen LogP contribution in [0.1, 0.15) is 50.3 Å². The highest BCUT2D eigenvalue weighted by molar-refractivity contribution is 6.06. The van der Waals surface area contributed by atoms with Gasteiger partial charge in [-0.2, -0.15) is 0 Å². The number of hydrogen-bond acceptors (Lipinski definition) is 5. The zero-order valence-electron chi connectivity index (χ0n) is 14.5. The Balaban J connectivity index is 1.75. The van der Waals surface area contributed by atoms with E-state index in [2.05, 4.69) is 0 Å². The van der Waals surface area contributed by atoms with Crippen molar-refractivity contribution in [1.29, 1.82) is 0 Å². The van der Waals surface area contributed by atoms with Crippen molar-refractivity contribution in [3.05, 3.63) is 30.1 Å². The SMILES string of the molecule is O=C(O)[C@@H]1CCCN1c1nc(C2CCCC2)nc2c1oc1ccccc12. The molecule has 6 heteroatoms. The number of carboxylic acid groups (broad SMARTS) is 1. The fourth-order valence-electron chi connectivity index (χ4n) is 4.43. The number of hydrogen-bond donors (Lipinski definition) is 1. The van der Waals surface area contributed by atoms with Gasteiger partial charge in [-0.05, 0) is 37.8 Å². The molecule has 3 aromatic rings. The van der Waals surface area contributed by atoms with Crippen molar-refractivity contribution in [3.63, 3.8) is 0 Å².